The van der Waals surface area contributed by atoms with E-state index < -0.39 is 0 Å². The SMILES string of the molecule is CC(C)CC1(CNC(=O)c2cncc(Br)c2)CCCC1. The number of carbonyl (C=O) groups is 1. The molecule has 1 aromatic heterocycles. The lowest BCUT2D eigenvalue weighted by atomic mass is 9.78. The van der Waals surface area contributed by atoms with Crippen LogP contribution in [0.15, 0.2) is 22.9 Å². The molecule has 1 aliphatic rings. The summed E-state index contributed by atoms with van der Waals surface area (Å²) in [5.41, 5.74) is 0.931. The van der Waals surface area contributed by atoms with Crippen LogP contribution in [0.1, 0.15) is 56.3 Å². The Bertz CT molecular complexity index is 467. The zero-order valence-corrected chi connectivity index (χ0v) is 13.9. The van der Waals surface area contributed by atoms with Crippen molar-refractivity contribution in [2.24, 2.45) is 11.3 Å². The first-order chi connectivity index (χ1) is 9.51. The van der Waals surface area contributed by atoms with Gasteiger partial charge in [0.2, 0.25) is 0 Å². The number of rotatable bonds is 5. The number of carbonyl (C=O) groups excluding carboxylic acids is 1. The number of nitrogens with one attached hydrogen (secondary N) is 1. The fraction of sp³-hybridized carbons (Fsp3) is 0.625. The Morgan fingerprint density at radius 1 is 1.40 bits per heavy atom. The van der Waals surface area contributed by atoms with E-state index in [1.807, 2.05) is 6.07 Å². The molecule has 1 aromatic rings. The van der Waals surface area contributed by atoms with E-state index in [0.717, 1.165) is 11.0 Å². The lowest BCUT2D eigenvalue weighted by Crippen LogP contribution is -2.36. The first-order valence-corrected chi connectivity index (χ1v) is 8.19. The highest BCUT2D eigenvalue weighted by Crippen LogP contribution is 2.42. The third-order valence-corrected chi connectivity index (χ3v) is 4.53. The molecule has 1 heterocycles. The minimum absolute atomic E-state index is 0.0196. The number of nitrogens with zero attached hydrogens (tertiary/aromatic N) is 1. The summed E-state index contributed by atoms with van der Waals surface area (Å²) in [5.74, 6) is 0.659. The smallest absolute Gasteiger partial charge is 0.252 e. The van der Waals surface area contributed by atoms with Crippen LogP contribution in [0.5, 0.6) is 0 Å². The molecular weight excluding hydrogens is 316 g/mol. The first kappa shape index (κ1) is 15.5. The van der Waals surface area contributed by atoms with E-state index in [2.05, 4.69) is 40.1 Å². The van der Waals surface area contributed by atoms with Crippen molar-refractivity contribution in [2.45, 2.75) is 46.0 Å². The molecule has 3 nitrogen and oxygen atoms in total. The van der Waals surface area contributed by atoms with Gasteiger partial charge in [-0.15, -0.1) is 0 Å². The van der Waals surface area contributed by atoms with E-state index in [1.165, 1.54) is 32.1 Å². The van der Waals surface area contributed by atoms with Crippen LogP contribution in [0.4, 0.5) is 0 Å². The minimum Gasteiger partial charge on any atom is -0.351 e. The molecule has 0 radical (unpaired) electrons. The molecule has 0 unspecified atom stereocenters. The molecule has 1 N–H and O–H groups in total. The van der Waals surface area contributed by atoms with Gasteiger partial charge in [0, 0.05) is 23.4 Å². The number of pyridine rings is 1. The molecule has 1 saturated carbocycles. The van der Waals surface area contributed by atoms with Crippen LogP contribution < -0.4 is 5.32 Å². The highest BCUT2D eigenvalue weighted by Gasteiger charge is 2.34. The summed E-state index contributed by atoms with van der Waals surface area (Å²) in [6.45, 7) is 5.32. The van der Waals surface area contributed by atoms with Crippen LogP contribution >= 0.6 is 15.9 Å². The number of hydrogen-bond acceptors (Lipinski definition) is 2. The third kappa shape index (κ3) is 4.05. The maximum absolute atomic E-state index is 12.2. The molecule has 4 heteroatoms. The second kappa shape index (κ2) is 6.70. The fourth-order valence-electron chi connectivity index (χ4n) is 3.35. The van der Waals surface area contributed by atoms with Crippen LogP contribution in [0.3, 0.4) is 0 Å². The molecule has 1 amide bonds. The molecule has 1 fully saturated rings. The maximum atomic E-state index is 12.2. The second-order valence-corrected chi connectivity index (χ2v) is 7.30. The average molecular weight is 339 g/mol. The van der Waals surface area contributed by atoms with Crippen molar-refractivity contribution in [1.82, 2.24) is 10.3 Å². The topological polar surface area (TPSA) is 42.0 Å². The van der Waals surface area contributed by atoms with Gasteiger partial charge in [0.25, 0.3) is 5.91 Å². The molecule has 2 rings (SSSR count). The van der Waals surface area contributed by atoms with E-state index in [0.29, 0.717) is 16.9 Å². The van der Waals surface area contributed by atoms with E-state index in [-0.39, 0.29) is 5.91 Å². The monoisotopic (exact) mass is 338 g/mol. The molecule has 20 heavy (non-hydrogen) atoms. The summed E-state index contributed by atoms with van der Waals surface area (Å²) in [5, 5.41) is 3.11. The molecule has 0 bridgehead atoms. The van der Waals surface area contributed by atoms with E-state index in [1.54, 1.807) is 12.4 Å². The number of halogens is 1. The van der Waals surface area contributed by atoms with E-state index in [4.69, 9.17) is 0 Å². The van der Waals surface area contributed by atoms with Crippen LogP contribution in [-0.2, 0) is 0 Å². The largest absolute Gasteiger partial charge is 0.351 e. The molecule has 0 saturated heterocycles. The van der Waals surface area contributed by atoms with E-state index in [9.17, 15) is 4.79 Å². The molecule has 1 aliphatic carbocycles. The van der Waals surface area contributed by atoms with Crippen molar-refractivity contribution in [3.63, 3.8) is 0 Å². The summed E-state index contributed by atoms with van der Waals surface area (Å²) in [4.78, 5) is 16.3. The highest BCUT2D eigenvalue weighted by atomic mass is 79.9. The lowest BCUT2D eigenvalue weighted by molar-refractivity contribution is 0.0921. The van der Waals surface area contributed by atoms with Crippen molar-refractivity contribution >= 4 is 21.8 Å². The van der Waals surface area contributed by atoms with Crippen LogP contribution in [0, 0.1) is 11.3 Å². The zero-order chi connectivity index (χ0) is 14.6. The van der Waals surface area contributed by atoms with Crippen molar-refractivity contribution in [1.29, 1.82) is 0 Å². The van der Waals surface area contributed by atoms with Gasteiger partial charge in [0.15, 0.2) is 0 Å². The Morgan fingerprint density at radius 3 is 2.70 bits per heavy atom. The molecule has 0 spiro atoms. The Kier molecular flexibility index (Phi) is 5.19. The lowest BCUT2D eigenvalue weighted by Gasteiger charge is -2.31. The molecular formula is C16H23BrN2O. The van der Waals surface area contributed by atoms with Gasteiger partial charge >= 0.3 is 0 Å². The van der Waals surface area contributed by atoms with Gasteiger partial charge in [-0.3, -0.25) is 9.78 Å². The molecule has 110 valence electrons. The van der Waals surface area contributed by atoms with Crippen molar-refractivity contribution in [3.05, 3.63) is 28.5 Å². The Balaban J connectivity index is 1.97. The summed E-state index contributed by atoms with van der Waals surface area (Å²) in [7, 11) is 0. The zero-order valence-electron chi connectivity index (χ0n) is 12.3. The van der Waals surface area contributed by atoms with Gasteiger partial charge in [0.05, 0.1) is 5.56 Å². The number of hydrogen-bond donors (Lipinski definition) is 1. The van der Waals surface area contributed by atoms with Crippen molar-refractivity contribution in [2.75, 3.05) is 6.54 Å². The quantitative estimate of drug-likeness (QED) is 0.874. The fourth-order valence-corrected chi connectivity index (χ4v) is 3.71. The highest BCUT2D eigenvalue weighted by molar-refractivity contribution is 9.10. The van der Waals surface area contributed by atoms with Gasteiger partial charge < -0.3 is 5.32 Å². The normalized spacial score (nSPS) is 17.4. The molecule has 0 atom stereocenters. The van der Waals surface area contributed by atoms with Gasteiger partial charge in [-0.1, -0.05) is 26.7 Å². The van der Waals surface area contributed by atoms with Crippen LogP contribution in [0.25, 0.3) is 0 Å². The first-order valence-electron chi connectivity index (χ1n) is 7.39. The Hall–Kier alpha value is -0.900. The summed E-state index contributed by atoms with van der Waals surface area (Å²) >= 11 is 3.35. The Labute approximate surface area is 129 Å². The number of aromatic nitrogens is 1. The van der Waals surface area contributed by atoms with Crippen molar-refractivity contribution in [3.8, 4) is 0 Å². The van der Waals surface area contributed by atoms with Gasteiger partial charge in [-0.2, -0.15) is 0 Å². The molecule has 0 aromatic carbocycles. The van der Waals surface area contributed by atoms with Gasteiger partial charge in [-0.25, -0.2) is 0 Å². The Morgan fingerprint density at radius 2 is 2.10 bits per heavy atom. The number of amides is 1. The average Bonchev–Trinajstić information content (AvgIpc) is 2.84. The van der Waals surface area contributed by atoms with Crippen molar-refractivity contribution < 1.29 is 4.79 Å². The predicted molar refractivity (Wildman–Crippen MR) is 84.6 cm³/mol. The summed E-state index contributed by atoms with van der Waals surface area (Å²) in [6, 6.07) is 1.81. The second-order valence-electron chi connectivity index (χ2n) is 6.38. The predicted octanol–water partition coefficient (Wildman–Crippen LogP) is 4.18. The molecule has 0 aliphatic heterocycles. The van der Waals surface area contributed by atoms with Crippen LogP contribution in [-0.4, -0.2) is 17.4 Å². The standard InChI is InChI=1S/C16H23BrN2O/c1-12(2)8-16(5-3-4-6-16)11-19-15(20)13-7-14(17)10-18-9-13/h7,9-10,12H,3-6,8,11H2,1-2H3,(H,19,20). The summed E-state index contributed by atoms with van der Waals surface area (Å²) < 4.78 is 0.836. The minimum atomic E-state index is -0.0196. The maximum Gasteiger partial charge on any atom is 0.252 e. The van der Waals surface area contributed by atoms with Crippen LogP contribution in [0.2, 0.25) is 0 Å². The van der Waals surface area contributed by atoms with E-state index >= 15 is 0 Å². The van der Waals surface area contributed by atoms with Gasteiger partial charge in [-0.05, 0) is 52.6 Å². The third-order valence-electron chi connectivity index (χ3n) is 4.10. The summed E-state index contributed by atoms with van der Waals surface area (Å²) in [6.07, 6.45) is 9.56. The van der Waals surface area contributed by atoms with Gasteiger partial charge in [0.1, 0.15) is 0 Å².